The van der Waals surface area contributed by atoms with Gasteiger partial charge in [-0.1, -0.05) is 17.3 Å². The van der Waals surface area contributed by atoms with E-state index in [1.807, 2.05) is 17.5 Å². The minimum atomic E-state index is -3.83. The fourth-order valence-corrected chi connectivity index (χ4v) is 4.97. The maximum atomic E-state index is 13.4. The van der Waals surface area contributed by atoms with Gasteiger partial charge in [-0.3, -0.25) is 0 Å². The van der Waals surface area contributed by atoms with E-state index in [-0.39, 0.29) is 30.5 Å². The van der Waals surface area contributed by atoms with Crippen LogP contribution in [0.3, 0.4) is 0 Å². The van der Waals surface area contributed by atoms with Crippen molar-refractivity contribution in [2.24, 2.45) is 0 Å². The van der Waals surface area contributed by atoms with Gasteiger partial charge in [0, 0.05) is 24.4 Å². The molecule has 0 spiro atoms. The lowest BCUT2D eigenvalue weighted by molar-refractivity contribution is -0.0199. The summed E-state index contributed by atoms with van der Waals surface area (Å²) in [6, 6.07) is 8.87. The number of aromatic nitrogens is 2. The van der Waals surface area contributed by atoms with Gasteiger partial charge in [-0.15, -0.1) is 11.3 Å². The molecule has 1 aliphatic heterocycles. The molecule has 0 radical (unpaired) electrons. The second kappa shape index (κ2) is 7.47. The smallest absolute Gasteiger partial charge is 0.257 e. The molecule has 7 nitrogen and oxygen atoms in total. The topological polar surface area (TPSA) is 85.5 Å². The molecule has 0 saturated carbocycles. The van der Waals surface area contributed by atoms with Crippen LogP contribution in [0.2, 0.25) is 0 Å². The number of nitrogens with zero attached hydrogens (tertiary/aromatic N) is 3. The van der Waals surface area contributed by atoms with Gasteiger partial charge in [-0.25, -0.2) is 12.8 Å². The van der Waals surface area contributed by atoms with Gasteiger partial charge in [0.25, 0.3) is 5.89 Å². The lowest BCUT2D eigenvalue weighted by Gasteiger charge is -2.30. The highest BCUT2D eigenvalue weighted by atomic mass is 32.2. The number of thiophene rings is 1. The molecule has 2 aromatic heterocycles. The lowest BCUT2D eigenvalue weighted by atomic mass is 10.3. The summed E-state index contributed by atoms with van der Waals surface area (Å²) >= 11 is 1.59. The zero-order valence-electron chi connectivity index (χ0n) is 14.1. The standard InChI is InChI=1S/C17H16FN3O4S2/c18-12-3-1-5-14(9-12)27(22,23)21-6-7-24-15(11-21)17-19-16(20-25-17)10-13-4-2-8-26-13/h1-5,8-9,15H,6-7,10-11H2/t15-/m0/s1. The zero-order valence-corrected chi connectivity index (χ0v) is 15.7. The minimum absolute atomic E-state index is 0.0273. The fraction of sp³-hybridized carbons (Fsp3) is 0.294. The fourth-order valence-electron chi connectivity index (χ4n) is 2.81. The third-order valence-electron chi connectivity index (χ3n) is 4.13. The van der Waals surface area contributed by atoms with Gasteiger partial charge in [0.15, 0.2) is 11.9 Å². The summed E-state index contributed by atoms with van der Waals surface area (Å²) in [7, 11) is -3.83. The van der Waals surface area contributed by atoms with Crippen LogP contribution in [-0.4, -0.2) is 42.6 Å². The van der Waals surface area contributed by atoms with Crippen LogP contribution in [-0.2, 0) is 21.2 Å². The van der Waals surface area contributed by atoms with Gasteiger partial charge < -0.3 is 9.26 Å². The normalized spacial score (nSPS) is 18.6. The van der Waals surface area contributed by atoms with Crippen LogP contribution in [0.4, 0.5) is 4.39 Å². The Balaban J connectivity index is 1.50. The van der Waals surface area contributed by atoms with E-state index >= 15 is 0 Å². The van der Waals surface area contributed by atoms with Crippen molar-refractivity contribution < 1.29 is 22.1 Å². The predicted molar refractivity (Wildman–Crippen MR) is 95.3 cm³/mol. The second-order valence-corrected chi connectivity index (χ2v) is 8.96. The first-order valence-electron chi connectivity index (χ1n) is 8.24. The predicted octanol–water partition coefficient (Wildman–Crippen LogP) is 2.62. The molecule has 1 aromatic carbocycles. The molecule has 3 aromatic rings. The quantitative estimate of drug-likeness (QED) is 0.644. The number of hydrogen-bond acceptors (Lipinski definition) is 7. The van der Waals surface area contributed by atoms with Gasteiger partial charge in [-0.05, 0) is 29.6 Å². The van der Waals surface area contributed by atoms with E-state index in [2.05, 4.69) is 10.1 Å². The van der Waals surface area contributed by atoms with Crippen molar-refractivity contribution in [3.8, 4) is 0 Å². The van der Waals surface area contributed by atoms with Crippen molar-refractivity contribution in [1.29, 1.82) is 0 Å². The zero-order chi connectivity index (χ0) is 18.9. The highest BCUT2D eigenvalue weighted by Crippen LogP contribution is 2.26. The van der Waals surface area contributed by atoms with E-state index in [0.717, 1.165) is 10.9 Å². The van der Waals surface area contributed by atoms with E-state index in [0.29, 0.717) is 12.2 Å². The monoisotopic (exact) mass is 409 g/mol. The second-order valence-electron chi connectivity index (χ2n) is 5.98. The molecule has 27 heavy (non-hydrogen) atoms. The van der Waals surface area contributed by atoms with E-state index < -0.39 is 21.9 Å². The molecule has 142 valence electrons. The number of benzene rings is 1. The van der Waals surface area contributed by atoms with E-state index in [9.17, 15) is 12.8 Å². The van der Waals surface area contributed by atoms with Crippen molar-refractivity contribution in [3.05, 3.63) is 64.2 Å². The maximum Gasteiger partial charge on any atom is 0.257 e. The Morgan fingerprint density at radius 3 is 2.96 bits per heavy atom. The van der Waals surface area contributed by atoms with Crippen molar-refractivity contribution in [1.82, 2.24) is 14.4 Å². The molecule has 0 bridgehead atoms. The summed E-state index contributed by atoms with van der Waals surface area (Å²) in [6.45, 7) is 0.382. The van der Waals surface area contributed by atoms with Gasteiger partial charge in [0.05, 0.1) is 11.5 Å². The first-order chi connectivity index (χ1) is 13.0. The Morgan fingerprint density at radius 1 is 1.30 bits per heavy atom. The van der Waals surface area contributed by atoms with Crippen molar-refractivity contribution in [3.63, 3.8) is 0 Å². The van der Waals surface area contributed by atoms with Gasteiger partial charge in [0.2, 0.25) is 10.0 Å². The Labute approximate surface area is 159 Å². The summed E-state index contributed by atoms with van der Waals surface area (Å²) in [5.41, 5.74) is 0. The van der Waals surface area contributed by atoms with Crippen LogP contribution < -0.4 is 0 Å². The summed E-state index contributed by atoms with van der Waals surface area (Å²) in [5.74, 6) is 0.151. The van der Waals surface area contributed by atoms with E-state index in [4.69, 9.17) is 9.26 Å². The molecule has 1 atom stereocenters. The Morgan fingerprint density at radius 2 is 2.19 bits per heavy atom. The van der Waals surface area contributed by atoms with Gasteiger partial charge >= 0.3 is 0 Å². The van der Waals surface area contributed by atoms with Crippen LogP contribution in [0, 0.1) is 5.82 Å². The molecule has 0 amide bonds. The average Bonchev–Trinajstić information content (AvgIpc) is 3.34. The Kier molecular flexibility index (Phi) is 5.04. The van der Waals surface area contributed by atoms with Crippen molar-refractivity contribution in [2.75, 3.05) is 19.7 Å². The number of sulfonamides is 1. The molecule has 10 heteroatoms. The molecule has 4 rings (SSSR count). The van der Waals surface area contributed by atoms with Crippen LogP contribution in [0.5, 0.6) is 0 Å². The number of morpholine rings is 1. The minimum Gasteiger partial charge on any atom is -0.366 e. The Bertz CT molecular complexity index is 1020. The average molecular weight is 409 g/mol. The van der Waals surface area contributed by atoms with Crippen LogP contribution in [0.1, 0.15) is 22.7 Å². The lowest BCUT2D eigenvalue weighted by Crippen LogP contribution is -2.42. The molecular weight excluding hydrogens is 393 g/mol. The molecule has 0 unspecified atom stereocenters. The molecule has 1 fully saturated rings. The molecular formula is C17H16FN3O4S2. The SMILES string of the molecule is O=S(=O)(c1cccc(F)c1)N1CCO[C@H](c2nc(Cc3cccs3)no2)C1. The van der Waals surface area contributed by atoms with Gasteiger partial charge in [0.1, 0.15) is 5.82 Å². The molecule has 3 heterocycles. The summed E-state index contributed by atoms with van der Waals surface area (Å²) < 4.78 is 51.1. The van der Waals surface area contributed by atoms with E-state index in [1.165, 1.54) is 22.5 Å². The first kappa shape index (κ1) is 18.2. The third kappa shape index (κ3) is 3.93. The maximum absolute atomic E-state index is 13.4. The Hall–Kier alpha value is -2.14. The number of halogens is 1. The summed E-state index contributed by atoms with van der Waals surface area (Å²) in [6.07, 6.45) is -0.120. The molecule has 0 N–H and O–H groups in total. The van der Waals surface area contributed by atoms with Crippen LogP contribution >= 0.6 is 11.3 Å². The van der Waals surface area contributed by atoms with Crippen molar-refractivity contribution in [2.45, 2.75) is 17.4 Å². The number of rotatable bonds is 5. The third-order valence-corrected chi connectivity index (χ3v) is 6.87. The first-order valence-corrected chi connectivity index (χ1v) is 10.6. The number of hydrogen-bond donors (Lipinski definition) is 0. The molecule has 0 aliphatic carbocycles. The highest BCUT2D eigenvalue weighted by Gasteiger charge is 2.34. The summed E-state index contributed by atoms with van der Waals surface area (Å²) in [5, 5.41) is 5.91. The largest absolute Gasteiger partial charge is 0.366 e. The molecule has 1 aliphatic rings. The molecule has 1 saturated heterocycles. The van der Waals surface area contributed by atoms with Gasteiger partial charge in [-0.2, -0.15) is 9.29 Å². The van der Waals surface area contributed by atoms with Crippen molar-refractivity contribution >= 4 is 21.4 Å². The highest BCUT2D eigenvalue weighted by molar-refractivity contribution is 7.89. The van der Waals surface area contributed by atoms with E-state index in [1.54, 1.807) is 11.3 Å². The summed E-state index contributed by atoms with van der Waals surface area (Å²) in [4.78, 5) is 5.34. The van der Waals surface area contributed by atoms with Crippen LogP contribution in [0.15, 0.2) is 51.2 Å². The number of ether oxygens (including phenoxy) is 1. The van der Waals surface area contributed by atoms with Crippen LogP contribution in [0.25, 0.3) is 0 Å².